The average molecular weight is 285 g/mol. The van der Waals surface area contributed by atoms with Gasteiger partial charge < -0.3 is 5.11 Å². The number of aliphatic hydroxyl groups is 1. The third kappa shape index (κ3) is 4.03. The first-order valence-corrected chi connectivity index (χ1v) is 7.74. The van der Waals surface area contributed by atoms with Crippen molar-refractivity contribution < 1.29 is 13.5 Å². The third-order valence-electron chi connectivity index (χ3n) is 2.95. The molecule has 0 saturated heterocycles. The number of nitrogens with zero attached hydrogens (tertiary/aromatic N) is 1. The van der Waals surface area contributed by atoms with Gasteiger partial charge in [-0.25, -0.2) is 8.42 Å². The van der Waals surface area contributed by atoms with Crippen LogP contribution < -0.4 is 0 Å². The summed E-state index contributed by atoms with van der Waals surface area (Å²) in [6, 6.07) is 6.91. The van der Waals surface area contributed by atoms with Crippen LogP contribution in [-0.4, -0.2) is 37.5 Å². The second-order valence-corrected chi connectivity index (χ2v) is 7.95. The molecule has 0 amide bonds. The molecule has 5 heteroatoms. The van der Waals surface area contributed by atoms with Crippen molar-refractivity contribution in [3.8, 4) is 0 Å². The van der Waals surface area contributed by atoms with E-state index in [9.17, 15) is 13.5 Å². The molecule has 1 unspecified atom stereocenters. The Morgan fingerprint density at radius 1 is 1.21 bits per heavy atom. The Kier molecular flexibility index (Phi) is 4.76. The van der Waals surface area contributed by atoms with E-state index in [0.717, 1.165) is 5.56 Å². The van der Waals surface area contributed by atoms with Gasteiger partial charge in [-0.15, -0.1) is 0 Å². The topological polar surface area (TPSA) is 57.6 Å². The van der Waals surface area contributed by atoms with Crippen LogP contribution in [0.4, 0.5) is 0 Å². The van der Waals surface area contributed by atoms with E-state index in [0.29, 0.717) is 0 Å². The quantitative estimate of drug-likeness (QED) is 0.920. The van der Waals surface area contributed by atoms with Crippen molar-refractivity contribution >= 4 is 10.0 Å². The van der Waals surface area contributed by atoms with Gasteiger partial charge in [0.05, 0.1) is 11.0 Å². The van der Waals surface area contributed by atoms with Crippen molar-refractivity contribution in [2.24, 2.45) is 0 Å². The number of likely N-dealkylation sites (N-methyl/N-ethyl adjacent to an activating group) is 1. The molecule has 0 aliphatic rings. The SMILES string of the molecule is CC(O)CN(C)S(=O)(=O)c1ccc(C(C)(C)C)cc1. The molecule has 0 aliphatic carbocycles. The van der Waals surface area contributed by atoms with Gasteiger partial charge in [0.15, 0.2) is 0 Å². The second-order valence-electron chi connectivity index (χ2n) is 5.91. The zero-order valence-corrected chi connectivity index (χ0v) is 13.0. The Balaban J connectivity index is 3.04. The molecule has 0 fully saturated rings. The van der Waals surface area contributed by atoms with Gasteiger partial charge >= 0.3 is 0 Å². The minimum absolute atomic E-state index is 0.00614. The number of hydrogen-bond donors (Lipinski definition) is 1. The smallest absolute Gasteiger partial charge is 0.242 e. The van der Waals surface area contributed by atoms with Gasteiger partial charge in [0.25, 0.3) is 0 Å². The lowest BCUT2D eigenvalue weighted by Crippen LogP contribution is -2.33. The van der Waals surface area contributed by atoms with Crippen molar-refractivity contribution in [1.82, 2.24) is 4.31 Å². The first-order valence-electron chi connectivity index (χ1n) is 6.30. The van der Waals surface area contributed by atoms with Crippen LogP contribution >= 0.6 is 0 Å². The number of rotatable bonds is 4. The van der Waals surface area contributed by atoms with Crippen molar-refractivity contribution in [1.29, 1.82) is 0 Å². The molecule has 1 aromatic carbocycles. The van der Waals surface area contributed by atoms with E-state index < -0.39 is 16.1 Å². The van der Waals surface area contributed by atoms with Gasteiger partial charge in [-0.3, -0.25) is 0 Å². The number of benzene rings is 1. The summed E-state index contributed by atoms with van der Waals surface area (Å²) in [5.41, 5.74) is 1.08. The van der Waals surface area contributed by atoms with Crippen molar-refractivity contribution in [3.63, 3.8) is 0 Å². The van der Waals surface area contributed by atoms with E-state index in [2.05, 4.69) is 20.8 Å². The maximum atomic E-state index is 12.2. The molecule has 0 radical (unpaired) electrons. The fourth-order valence-electron chi connectivity index (χ4n) is 1.78. The molecule has 0 saturated carbocycles. The maximum absolute atomic E-state index is 12.2. The van der Waals surface area contributed by atoms with E-state index in [1.807, 2.05) is 12.1 Å². The number of sulfonamides is 1. The molecule has 0 aromatic heterocycles. The molecular weight excluding hydrogens is 262 g/mol. The van der Waals surface area contributed by atoms with Crippen molar-refractivity contribution in [2.45, 2.75) is 44.1 Å². The highest BCUT2D eigenvalue weighted by Crippen LogP contribution is 2.24. The van der Waals surface area contributed by atoms with Crippen molar-refractivity contribution in [2.75, 3.05) is 13.6 Å². The third-order valence-corrected chi connectivity index (χ3v) is 4.79. The number of hydrogen-bond acceptors (Lipinski definition) is 3. The first kappa shape index (κ1) is 16.1. The van der Waals surface area contributed by atoms with E-state index in [1.165, 1.54) is 11.4 Å². The molecule has 0 spiro atoms. The van der Waals surface area contributed by atoms with Crippen LogP contribution in [0.1, 0.15) is 33.3 Å². The zero-order chi connectivity index (χ0) is 14.8. The van der Waals surface area contributed by atoms with Crippen LogP contribution in [0.15, 0.2) is 29.2 Å². The summed E-state index contributed by atoms with van der Waals surface area (Å²) in [5.74, 6) is 0. The van der Waals surface area contributed by atoms with Crippen LogP contribution in [0.3, 0.4) is 0 Å². The molecule has 1 N–H and O–H groups in total. The summed E-state index contributed by atoms with van der Waals surface area (Å²) >= 11 is 0. The van der Waals surface area contributed by atoms with Gasteiger partial charge in [-0.05, 0) is 30.0 Å². The Bertz CT molecular complexity index is 513. The molecule has 0 heterocycles. The summed E-state index contributed by atoms with van der Waals surface area (Å²) in [7, 11) is -2.05. The van der Waals surface area contributed by atoms with Gasteiger partial charge in [0.2, 0.25) is 10.0 Å². The van der Waals surface area contributed by atoms with Gasteiger partial charge in [-0.2, -0.15) is 4.31 Å². The zero-order valence-electron chi connectivity index (χ0n) is 12.2. The van der Waals surface area contributed by atoms with E-state index in [4.69, 9.17) is 0 Å². The Morgan fingerprint density at radius 3 is 2.05 bits per heavy atom. The van der Waals surface area contributed by atoms with E-state index in [-0.39, 0.29) is 16.9 Å². The second kappa shape index (κ2) is 5.61. The molecule has 4 nitrogen and oxygen atoms in total. The molecule has 1 aromatic rings. The lowest BCUT2D eigenvalue weighted by atomic mass is 9.87. The van der Waals surface area contributed by atoms with E-state index in [1.54, 1.807) is 19.1 Å². The average Bonchev–Trinajstić information content (AvgIpc) is 2.27. The van der Waals surface area contributed by atoms with Gasteiger partial charge in [0, 0.05) is 13.6 Å². The molecule has 19 heavy (non-hydrogen) atoms. The Morgan fingerprint density at radius 2 is 1.68 bits per heavy atom. The summed E-state index contributed by atoms with van der Waals surface area (Å²) in [6.07, 6.45) is -0.686. The molecule has 1 rings (SSSR count). The largest absolute Gasteiger partial charge is 0.392 e. The van der Waals surface area contributed by atoms with Crippen LogP contribution in [0.2, 0.25) is 0 Å². The predicted molar refractivity (Wildman–Crippen MR) is 76.6 cm³/mol. The fraction of sp³-hybridized carbons (Fsp3) is 0.571. The van der Waals surface area contributed by atoms with Crippen LogP contribution in [0, 0.1) is 0 Å². The first-order chi connectivity index (χ1) is 8.55. The molecular formula is C14H23NO3S. The summed E-state index contributed by atoms with van der Waals surface area (Å²) in [5, 5.41) is 9.28. The number of aliphatic hydroxyl groups excluding tert-OH is 1. The van der Waals surface area contributed by atoms with Gasteiger partial charge in [-0.1, -0.05) is 32.9 Å². The normalized spacial score (nSPS) is 14.7. The molecule has 0 bridgehead atoms. The fourth-order valence-corrected chi connectivity index (χ4v) is 3.03. The molecule has 0 aliphatic heterocycles. The lowest BCUT2D eigenvalue weighted by molar-refractivity contribution is 0.171. The minimum Gasteiger partial charge on any atom is -0.392 e. The molecule has 1 atom stereocenters. The van der Waals surface area contributed by atoms with Crippen LogP contribution in [0.5, 0.6) is 0 Å². The standard InChI is InChI=1S/C14H23NO3S/c1-11(16)10-15(5)19(17,18)13-8-6-12(7-9-13)14(2,3)4/h6-9,11,16H,10H2,1-5H3. The van der Waals surface area contributed by atoms with Crippen molar-refractivity contribution in [3.05, 3.63) is 29.8 Å². The summed E-state index contributed by atoms with van der Waals surface area (Å²) in [6.45, 7) is 7.89. The van der Waals surface area contributed by atoms with Crippen LogP contribution in [0.25, 0.3) is 0 Å². The highest BCUT2D eigenvalue weighted by Gasteiger charge is 2.22. The highest BCUT2D eigenvalue weighted by atomic mass is 32.2. The van der Waals surface area contributed by atoms with E-state index >= 15 is 0 Å². The summed E-state index contributed by atoms with van der Waals surface area (Å²) < 4.78 is 25.7. The highest BCUT2D eigenvalue weighted by molar-refractivity contribution is 7.89. The lowest BCUT2D eigenvalue weighted by Gasteiger charge is -2.21. The van der Waals surface area contributed by atoms with Gasteiger partial charge in [0.1, 0.15) is 0 Å². The van der Waals surface area contributed by atoms with Crippen LogP contribution in [-0.2, 0) is 15.4 Å². The Hall–Kier alpha value is -0.910. The Labute approximate surface area is 116 Å². The maximum Gasteiger partial charge on any atom is 0.242 e. The predicted octanol–water partition coefficient (Wildman–Crippen LogP) is 1.99. The molecule has 108 valence electrons. The monoisotopic (exact) mass is 285 g/mol. The minimum atomic E-state index is -3.52. The summed E-state index contributed by atoms with van der Waals surface area (Å²) in [4.78, 5) is 0.253.